The van der Waals surface area contributed by atoms with E-state index >= 15 is 0 Å². The summed E-state index contributed by atoms with van der Waals surface area (Å²) in [7, 11) is 0. The summed E-state index contributed by atoms with van der Waals surface area (Å²) in [6.45, 7) is -0.298. The molecular formula is C9H9ClF3N3O. The summed E-state index contributed by atoms with van der Waals surface area (Å²) in [5.41, 5.74) is 0. The van der Waals surface area contributed by atoms with Crippen LogP contribution >= 0.6 is 11.6 Å². The van der Waals surface area contributed by atoms with Crippen molar-refractivity contribution < 1.29 is 18.0 Å². The number of aromatic nitrogens is 2. The van der Waals surface area contributed by atoms with E-state index in [1.807, 2.05) is 0 Å². The Morgan fingerprint density at radius 2 is 2.18 bits per heavy atom. The second-order valence-corrected chi connectivity index (χ2v) is 3.56. The van der Waals surface area contributed by atoms with Crippen LogP contribution in [0.3, 0.4) is 0 Å². The fourth-order valence-electron chi connectivity index (χ4n) is 1.03. The Labute approximate surface area is 100 Å². The van der Waals surface area contributed by atoms with Crippen LogP contribution < -0.4 is 5.32 Å². The van der Waals surface area contributed by atoms with Gasteiger partial charge in [-0.05, 0) is 0 Å². The van der Waals surface area contributed by atoms with Gasteiger partial charge in [0.2, 0.25) is 5.91 Å². The summed E-state index contributed by atoms with van der Waals surface area (Å²) in [6, 6.07) is 0. The van der Waals surface area contributed by atoms with Gasteiger partial charge in [-0.1, -0.05) is 11.6 Å². The molecule has 1 amide bonds. The first-order chi connectivity index (χ1) is 7.99. The minimum Gasteiger partial charge on any atom is -0.354 e. The van der Waals surface area contributed by atoms with E-state index in [2.05, 4.69) is 10.4 Å². The maximum Gasteiger partial charge on any atom is 0.301 e. The zero-order valence-corrected chi connectivity index (χ0v) is 9.35. The van der Waals surface area contributed by atoms with Crippen molar-refractivity contribution in [3.63, 3.8) is 0 Å². The third-order valence-electron chi connectivity index (χ3n) is 1.78. The Hall–Kier alpha value is -1.50. The van der Waals surface area contributed by atoms with Crippen LogP contribution in [0.4, 0.5) is 13.2 Å². The number of nitrogens with one attached hydrogen (secondary N) is 1. The SMILES string of the molecule is O=C(Cn1cc(Cl)cn1)NCCC(F)=C(F)F. The monoisotopic (exact) mass is 267 g/mol. The number of carbonyl (C=O) groups excluding carboxylic acids is 1. The van der Waals surface area contributed by atoms with Gasteiger partial charge in [-0.3, -0.25) is 9.48 Å². The largest absolute Gasteiger partial charge is 0.354 e. The van der Waals surface area contributed by atoms with Gasteiger partial charge < -0.3 is 5.32 Å². The molecule has 1 aromatic heterocycles. The zero-order valence-electron chi connectivity index (χ0n) is 8.59. The van der Waals surface area contributed by atoms with Gasteiger partial charge in [0.1, 0.15) is 6.54 Å². The van der Waals surface area contributed by atoms with Crippen LogP contribution in [-0.2, 0) is 11.3 Å². The molecule has 0 spiro atoms. The van der Waals surface area contributed by atoms with Gasteiger partial charge >= 0.3 is 6.08 Å². The van der Waals surface area contributed by atoms with Gasteiger partial charge in [-0.25, -0.2) is 4.39 Å². The van der Waals surface area contributed by atoms with Crippen LogP contribution in [0.25, 0.3) is 0 Å². The molecule has 4 nitrogen and oxygen atoms in total. The Kier molecular flexibility index (Phi) is 5.02. The molecule has 0 aliphatic carbocycles. The van der Waals surface area contributed by atoms with Crippen LogP contribution in [-0.4, -0.2) is 22.2 Å². The van der Waals surface area contributed by atoms with Crippen molar-refractivity contribution in [3.05, 3.63) is 29.3 Å². The highest BCUT2D eigenvalue weighted by Crippen LogP contribution is 2.11. The average Bonchev–Trinajstić information content (AvgIpc) is 2.63. The van der Waals surface area contributed by atoms with E-state index in [1.54, 1.807) is 0 Å². The molecule has 0 aromatic carbocycles. The minimum absolute atomic E-state index is 0.101. The topological polar surface area (TPSA) is 46.9 Å². The van der Waals surface area contributed by atoms with Gasteiger partial charge in [0, 0.05) is 19.2 Å². The summed E-state index contributed by atoms with van der Waals surface area (Å²) in [5.74, 6) is -1.98. The maximum absolute atomic E-state index is 12.3. The van der Waals surface area contributed by atoms with Crippen molar-refractivity contribution in [2.75, 3.05) is 6.54 Å². The molecule has 0 aliphatic rings. The van der Waals surface area contributed by atoms with Crippen molar-refractivity contribution in [1.82, 2.24) is 15.1 Å². The highest BCUT2D eigenvalue weighted by Gasteiger charge is 2.07. The van der Waals surface area contributed by atoms with E-state index in [0.29, 0.717) is 5.02 Å². The lowest BCUT2D eigenvalue weighted by atomic mass is 10.4. The van der Waals surface area contributed by atoms with E-state index in [0.717, 1.165) is 0 Å². The molecule has 0 aliphatic heterocycles. The van der Waals surface area contributed by atoms with Crippen molar-refractivity contribution >= 4 is 17.5 Å². The molecule has 0 saturated carbocycles. The Balaban J connectivity index is 2.29. The maximum atomic E-state index is 12.3. The number of hydrogen-bond donors (Lipinski definition) is 1. The summed E-state index contributed by atoms with van der Waals surface area (Å²) in [6.07, 6.45) is -0.106. The Bertz CT molecular complexity index is 429. The first-order valence-corrected chi connectivity index (χ1v) is 5.01. The second-order valence-electron chi connectivity index (χ2n) is 3.12. The predicted molar refractivity (Wildman–Crippen MR) is 55.2 cm³/mol. The molecule has 8 heteroatoms. The van der Waals surface area contributed by atoms with E-state index in [4.69, 9.17) is 11.6 Å². The van der Waals surface area contributed by atoms with Crippen molar-refractivity contribution in [3.8, 4) is 0 Å². The van der Waals surface area contributed by atoms with E-state index in [1.165, 1.54) is 17.1 Å². The summed E-state index contributed by atoms with van der Waals surface area (Å²) >= 11 is 5.57. The fourth-order valence-corrected chi connectivity index (χ4v) is 1.19. The molecule has 0 saturated heterocycles. The quantitative estimate of drug-likeness (QED) is 0.888. The fraction of sp³-hybridized carbons (Fsp3) is 0.333. The van der Waals surface area contributed by atoms with Gasteiger partial charge in [-0.2, -0.15) is 13.9 Å². The van der Waals surface area contributed by atoms with Crippen LogP contribution in [0.2, 0.25) is 5.02 Å². The number of nitrogens with zero attached hydrogens (tertiary/aromatic N) is 2. The third-order valence-corrected chi connectivity index (χ3v) is 1.97. The average molecular weight is 268 g/mol. The van der Waals surface area contributed by atoms with E-state index in [9.17, 15) is 18.0 Å². The van der Waals surface area contributed by atoms with Gasteiger partial charge in [0.25, 0.3) is 0 Å². The number of rotatable bonds is 5. The smallest absolute Gasteiger partial charge is 0.301 e. The lowest BCUT2D eigenvalue weighted by Gasteiger charge is -2.03. The van der Waals surface area contributed by atoms with Crippen LogP contribution in [0.1, 0.15) is 6.42 Å². The standard InChI is InChI=1S/C9H9ClF3N3O/c10-6-3-15-16(4-6)5-8(17)14-2-1-7(11)9(12)13/h3-4H,1-2,5H2,(H,14,17). The highest BCUT2D eigenvalue weighted by molar-refractivity contribution is 6.30. The lowest BCUT2D eigenvalue weighted by molar-refractivity contribution is -0.121. The number of carbonyl (C=O) groups is 1. The molecule has 0 atom stereocenters. The molecule has 0 unspecified atom stereocenters. The Morgan fingerprint density at radius 3 is 2.71 bits per heavy atom. The molecule has 1 N–H and O–H groups in total. The van der Waals surface area contributed by atoms with Gasteiger partial charge in [0.15, 0.2) is 5.83 Å². The Morgan fingerprint density at radius 1 is 1.47 bits per heavy atom. The lowest BCUT2D eigenvalue weighted by Crippen LogP contribution is -2.28. The second kappa shape index (κ2) is 6.29. The van der Waals surface area contributed by atoms with Crippen molar-refractivity contribution in [2.24, 2.45) is 0 Å². The number of hydrogen-bond acceptors (Lipinski definition) is 2. The first kappa shape index (κ1) is 13.6. The van der Waals surface area contributed by atoms with Crippen LogP contribution in [0, 0.1) is 0 Å². The first-order valence-electron chi connectivity index (χ1n) is 4.63. The molecule has 0 radical (unpaired) electrons. The van der Waals surface area contributed by atoms with Crippen molar-refractivity contribution in [2.45, 2.75) is 13.0 Å². The molecular weight excluding hydrogens is 259 g/mol. The molecule has 1 aromatic rings. The minimum atomic E-state index is -2.36. The normalized spacial score (nSPS) is 10.1. The molecule has 1 rings (SSSR count). The molecule has 17 heavy (non-hydrogen) atoms. The summed E-state index contributed by atoms with van der Waals surface area (Å²) < 4.78 is 37.0. The number of halogens is 4. The van der Waals surface area contributed by atoms with Crippen molar-refractivity contribution in [1.29, 1.82) is 0 Å². The van der Waals surface area contributed by atoms with Crippen LogP contribution in [0.5, 0.6) is 0 Å². The molecule has 0 bridgehead atoms. The van der Waals surface area contributed by atoms with E-state index < -0.39 is 24.2 Å². The molecule has 94 valence electrons. The molecule has 0 fully saturated rings. The number of amides is 1. The predicted octanol–water partition coefficient (Wildman–Crippen LogP) is 2.12. The summed E-state index contributed by atoms with van der Waals surface area (Å²) in [5, 5.41) is 6.40. The van der Waals surface area contributed by atoms with Gasteiger partial charge in [0.05, 0.1) is 11.2 Å². The van der Waals surface area contributed by atoms with Crippen LogP contribution in [0.15, 0.2) is 24.3 Å². The van der Waals surface area contributed by atoms with Gasteiger partial charge in [-0.15, -0.1) is 0 Å². The zero-order chi connectivity index (χ0) is 12.8. The van der Waals surface area contributed by atoms with E-state index in [-0.39, 0.29) is 13.1 Å². The summed E-state index contributed by atoms with van der Waals surface area (Å²) in [4.78, 5) is 11.2. The highest BCUT2D eigenvalue weighted by atomic mass is 35.5. The third kappa shape index (κ3) is 4.90. The molecule has 1 heterocycles.